The smallest absolute Gasteiger partial charge is 0.307 e. The van der Waals surface area contributed by atoms with Gasteiger partial charge in [-0.25, -0.2) is 0 Å². The van der Waals surface area contributed by atoms with E-state index in [1.165, 1.54) is 0 Å². The normalized spacial score (nSPS) is 22.4. The molecule has 1 amide bonds. The maximum atomic E-state index is 12.1. The van der Waals surface area contributed by atoms with E-state index in [2.05, 4.69) is 5.32 Å². The number of phenolic OH excluding ortho intramolecular Hbond substituents is 1. The first kappa shape index (κ1) is 14.8. The molecule has 21 heavy (non-hydrogen) atoms. The van der Waals surface area contributed by atoms with Gasteiger partial charge in [-0.05, 0) is 11.5 Å². The number of rotatable bonds is 4. The van der Waals surface area contributed by atoms with Crippen molar-refractivity contribution in [2.45, 2.75) is 13.8 Å². The molecular weight excluding hydrogens is 280 g/mol. The van der Waals surface area contributed by atoms with Crippen molar-refractivity contribution in [3.8, 4) is 5.75 Å². The third kappa shape index (κ3) is 2.51. The van der Waals surface area contributed by atoms with Gasteiger partial charge in [-0.3, -0.25) is 19.7 Å². The Bertz CT molecular complexity index is 640. The number of hydrogen-bond donors (Lipinski definition) is 3. The Hall–Kier alpha value is -2.64. The fraction of sp³-hybridized carbons (Fsp3) is 0.385. The van der Waals surface area contributed by atoms with E-state index in [-0.39, 0.29) is 17.1 Å². The minimum atomic E-state index is -1.07. The third-order valence-electron chi connectivity index (χ3n) is 3.82. The Labute approximate surface area is 119 Å². The molecule has 3 N–H and O–H groups in total. The second-order valence-electron chi connectivity index (χ2n) is 5.56. The lowest BCUT2D eigenvalue weighted by molar-refractivity contribution is -0.384. The number of nitrogens with one attached hydrogen (secondary N) is 1. The van der Waals surface area contributed by atoms with E-state index in [0.717, 1.165) is 18.2 Å². The molecule has 2 rings (SSSR count). The largest absolute Gasteiger partial charge is 0.506 e. The number of carboxylic acid groups (broad SMARTS) is 1. The van der Waals surface area contributed by atoms with E-state index in [1.54, 1.807) is 13.8 Å². The maximum absolute atomic E-state index is 12.1. The molecule has 0 saturated heterocycles. The summed E-state index contributed by atoms with van der Waals surface area (Å²) in [6.07, 6.45) is 0. The first-order chi connectivity index (χ1) is 9.66. The number of hydrogen-bond acceptors (Lipinski definition) is 5. The van der Waals surface area contributed by atoms with Gasteiger partial charge in [-0.15, -0.1) is 0 Å². The van der Waals surface area contributed by atoms with Gasteiger partial charge < -0.3 is 15.5 Å². The van der Waals surface area contributed by atoms with Crippen LogP contribution in [0.3, 0.4) is 0 Å². The van der Waals surface area contributed by atoms with Crippen LogP contribution in [0.2, 0.25) is 0 Å². The van der Waals surface area contributed by atoms with Crippen LogP contribution in [-0.2, 0) is 9.59 Å². The average Bonchev–Trinajstić information content (AvgIpc) is 2.95. The number of nitrogens with zero attached hydrogens (tertiary/aromatic N) is 1. The molecule has 0 aliphatic heterocycles. The zero-order valence-electron chi connectivity index (χ0n) is 11.4. The van der Waals surface area contributed by atoms with Gasteiger partial charge in [0.15, 0.2) is 0 Å². The fourth-order valence-corrected chi connectivity index (χ4v) is 2.54. The standard InChI is InChI=1S/C13H14N2O6/c1-13(2)9(10(13)12(18)19)11(17)14-7-5-6(15(20)21)3-4-8(7)16/h3-5,9-10,16H,1-2H3,(H,14,17)(H,18,19). The minimum Gasteiger partial charge on any atom is -0.506 e. The molecule has 1 aliphatic carbocycles. The summed E-state index contributed by atoms with van der Waals surface area (Å²) in [6, 6.07) is 3.23. The van der Waals surface area contributed by atoms with Gasteiger partial charge in [-0.1, -0.05) is 13.8 Å². The SMILES string of the molecule is CC1(C)C(C(=O)O)C1C(=O)Nc1cc([N+](=O)[O-])ccc1O. The molecule has 0 heterocycles. The lowest BCUT2D eigenvalue weighted by Gasteiger charge is -2.07. The van der Waals surface area contributed by atoms with Crippen molar-refractivity contribution in [3.63, 3.8) is 0 Å². The molecule has 0 bridgehead atoms. The molecule has 1 aromatic rings. The van der Waals surface area contributed by atoms with Crippen LogP contribution in [0.4, 0.5) is 11.4 Å². The van der Waals surface area contributed by atoms with E-state index in [4.69, 9.17) is 5.11 Å². The lowest BCUT2D eigenvalue weighted by atomic mass is 10.1. The quantitative estimate of drug-likeness (QED) is 0.439. The summed E-state index contributed by atoms with van der Waals surface area (Å²) in [5.74, 6) is -3.52. The first-order valence-corrected chi connectivity index (χ1v) is 6.17. The topological polar surface area (TPSA) is 130 Å². The summed E-state index contributed by atoms with van der Waals surface area (Å²) in [5.41, 5.74) is -1.08. The van der Waals surface area contributed by atoms with E-state index in [1.807, 2.05) is 0 Å². The van der Waals surface area contributed by atoms with Crippen LogP contribution in [0, 0.1) is 27.4 Å². The first-order valence-electron chi connectivity index (χ1n) is 6.17. The molecule has 2 unspecified atom stereocenters. The predicted octanol–water partition coefficient (Wildman–Crippen LogP) is 1.60. The maximum Gasteiger partial charge on any atom is 0.307 e. The van der Waals surface area contributed by atoms with Gasteiger partial charge in [0, 0.05) is 12.1 Å². The van der Waals surface area contributed by atoms with Crippen LogP contribution < -0.4 is 5.32 Å². The molecule has 1 fully saturated rings. The molecule has 1 aromatic carbocycles. The summed E-state index contributed by atoms with van der Waals surface area (Å²) in [7, 11) is 0. The Morgan fingerprint density at radius 1 is 1.33 bits per heavy atom. The van der Waals surface area contributed by atoms with E-state index in [9.17, 15) is 24.8 Å². The van der Waals surface area contributed by atoms with Crippen LogP contribution in [0.1, 0.15) is 13.8 Å². The summed E-state index contributed by atoms with van der Waals surface area (Å²) in [5, 5.41) is 31.7. The van der Waals surface area contributed by atoms with Crippen LogP contribution in [0.25, 0.3) is 0 Å². The van der Waals surface area contributed by atoms with Gasteiger partial charge in [0.2, 0.25) is 5.91 Å². The lowest BCUT2D eigenvalue weighted by Crippen LogP contribution is -2.17. The van der Waals surface area contributed by atoms with Gasteiger partial charge in [-0.2, -0.15) is 0 Å². The van der Waals surface area contributed by atoms with Crippen LogP contribution in [0.5, 0.6) is 5.75 Å². The number of nitro benzene ring substituents is 1. The molecule has 0 spiro atoms. The Morgan fingerprint density at radius 3 is 2.43 bits per heavy atom. The van der Waals surface area contributed by atoms with Gasteiger partial charge in [0.05, 0.1) is 22.4 Å². The van der Waals surface area contributed by atoms with Crippen molar-refractivity contribution in [3.05, 3.63) is 28.3 Å². The number of aromatic hydroxyl groups is 1. The van der Waals surface area contributed by atoms with Crippen molar-refractivity contribution < 1.29 is 24.7 Å². The molecule has 8 heteroatoms. The number of carbonyl (C=O) groups excluding carboxylic acids is 1. The summed E-state index contributed by atoms with van der Waals surface area (Å²) in [6.45, 7) is 3.31. The minimum absolute atomic E-state index is 0.110. The highest BCUT2D eigenvalue weighted by molar-refractivity contribution is 6.00. The Balaban J connectivity index is 2.20. The summed E-state index contributed by atoms with van der Waals surface area (Å²) >= 11 is 0. The second-order valence-corrected chi connectivity index (χ2v) is 5.56. The number of nitro groups is 1. The fourth-order valence-electron chi connectivity index (χ4n) is 2.54. The number of non-ortho nitro benzene ring substituents is 1. The molecule has 1 aliphatic rings. The van der Waals surface area contributed by atoms with Gasteiger partial charge >= 0.3 is 5.97 Å². The zero-order chi connectivity index (χ0) is 15.9. The third-order valence-corrected chi connectivity index (χ3v) is 3.82. The summed E-state index contributed by atoms with van der Waals surface area (Å²) < 4.78 is 0. The number of carbonyl (C=O) groups is 2. The number of aliphatic carboxylic acids is 1. The van der Waals surface area contributed by atoms with Gasteiger partial charge in [0.25, 0.3) is 5.69 Å². The molecular formula is C13H14N2O6. The number of benzene rings is 1. The van der Waals surface area contributed by atoms with Crippen molar-refractivity contribution in [2.75, 3.05) is 5.32 Å². The average molecular weight is 294 g/mol. The number of carboxylic acids is 1. The highest BCUT2D eigenvalue weighted by Crippen LogP contribution is 2.58. The van der Waals surface area contributed by atoms with Crippen LogP contribution in [0.15, 0.2) is 18.2 Å². The Kier molecular flexibility index (Phi) is 3.32. The molecule has 2 atom stereocenters. The van der Waals surface area contributed by atoms with Crippen LogP contribution in [-0.4, -0.2) is 27.0 Å². The predicted molar refractivity (Wildman–Crippen MR) is 71.8 cm³/mol. The summed E-state index contributed by atoms with van der Waals surface area (Å²) in [4.78, 5) is 33.1. The highest BCUT2D eigenvalue weighted by Gasteiger charge is 2.65. The van der Waals surface area contributed by atoms with Gasteiger partial charge in [0.1, 0.15) is 5.75 Å². The molecule has 0 aromatic heterocycles. The molecule has 8 nitrogen and oxygen atoms in total. The van der Waals surface area contributed by atoms with E-state index >= 15 is 0 Å². The van der Waals surface area contributed by atoms with Crippen molar-refractivity contribution in [1.29, 1.82) is 0 Å². The molecule has 112 valence electrons. The highest BCUT2D eigenvalue weighted by atomic mass is 16.6. The van der Waals surface area contributed by atoms with Crippen molar-refractivity contribution in [2.24, 2.45) is 17.3 Å². The number of phenols is 1. The molecule has 1 saturated carbocycles. The molecule has 0 radical (unpaired) electrons. The number of anilines is 1. The van der Waals surface area contributed by atoms with Crippen molar-refractivity contribution >= 4 is 23.3 Å². The number of amides is 1. The second kappa shape index (κ2) is 4.72. The van der Waals surface area contributed by atoms with Crippen molar-refractivity contribution in [1.82, 2.24) is 0 Å². The zero-order valence-corrected chi connectivity index (χ0v) is 11.4. The van der Waals surface area contributed by atoms with E-state index in [0.29, 0.717) is 0 Å². The van der Waals surface area contributed by atoms with Crippen LogP contribution >= 0.6 is 0 Å². The van der Waals surface area contributed by atoms with E-state index < -0.39 is 34.1 Å². The Morgan fingerprint density at radius 2 is 1.95 bits per heavy atom. The monoisotopic (exact) mass is 294 g/mol.